The Hall–Kier alpha value is -1.95. The summed E-state index contributed by atoms with van der Waals surface area (Å²) in [4.78, 5) is 8.92. The van der Waals surface area contributed by atoms with Crippen molar-refractivity contribution >= 4 is 26.8 Å². The number of aromatic nitrogens is 4. The third-order valence-corrected chi connectivity index (χ3v) is 4.44. The molecule has 0 aromatic carbocycles. The van der Waals surface area contributed by atoms with Crippen LogP contribution in [0.3, 0.4) is 0 Å². The van der Waals surface area contributed by atoms with E-state index in [1.807, 2.05) is 31.8 Å². The van der Waals surface area contributed by atoms with Gasteiger partial charge in [0.05, 0.1) is 10.4 Å². The van der Waals surface area contributed by atoms with Gasteiger partial charge >= 0.3 is 0 Å². The second-order valence-electron chi connectivity index (χ2n) is 4.99. The minimum Gasteiger partial charge on any atom is -0.357 e. The first-order chi connectivity index (χ1) is 9.54. The van der Waals surface area contributed by atoms with E-state index in [4.69, 9.17) is 0 Å². The predicted molar refractivity (Wildman–Crippen MR) is 82.2 cm³/mol. The van der Waals surface area contributed by atoms with Crippen LogP contribution in [0, 0.1) is 20.8 Å². The molecule has 0 fully saturated rings. The van der Waals surface area contributed by atoms with E-state index in [-0.39, 0.29) is 0 Å². The molecule has 0 bridgehead atoms. The minimum atomic E-state index is 0.741. The molecule has 3 heterocycles. The van der Waals surface area contributed by atoms with Crippen molar-refractivity contribution in [2.45, 2.75) is 27.3 Å². The second-order valence-corrected chi connectivity index (χ2v) is 5.99. The highest BCUT2D eigenvalue weighted by Gasteiger charge is 2.11. The normalized spacial score (nSPS) is 11.2. The highest BCUT2D eigenvalue weighted by molar-refractivity contribution is 7.22. The molecule has 0 aliphatic heterocycles. The highest BCUT2D eigenvalue weighted by atomic mass is 32.1. The molecule has 5 nitrogen and oxygen atoms in total. The molecular formula is C14H17N5S. The number of hydrogen-bond acceptors (Lipinski definition) is 5. The molecule has 1 N–H and O–H groups in total. The van der Waals surface area contributed by atoms with Crippen molar-refractivity contribution in [3.8, 4) is 0 Å². The van der Waals surface area contributed by atoms with Gasteiger partial charge in [0.1, 0.15) is 0 Å². The Balaban J connectivity index is 1.81. The van der Waals surface area contributed by atoms with Crippen molar-refractivity contribution in [2.75, 3.05) is 5.32 Å². The lowest BCUT2D eigenvalue weighted by atomic mass is 10.1. The summed E-state index contributed by atoms with van der Waals surface area (Å²) in [5, 5.41) is 8.66. The summed E-state index contributed by atoms with van der Waals surface area (Å²) in [7, 11) is 1.92. The first-order valence-corrected chi connectivity index (χ1v) is 7.32. The van der Waals surface area contributed by atoms with Crippen molar-refractivity contribution in [1.82, 2.24) is 19.7 Å². The zero-order valence-electron chi connectivity index (χ0n) is 12.1. The van der Waals surface area contributed by atoms with Gasteiger partial charge in [-0.25, -0.2) is 9.67 Å². The van der Waals surface area contributed by atoms with Gasteiger partial charge in [0.25, 0.3) is 0 Å². The van der Waals surface area contributed by atoms with E-state index in [0.717, 1.165) is 33.4 Å². The van der Waals surface area contributed by atoms with Crippen LogP contribution in [0.4, 0.5) is 5.13 Å². The number of anilines is 1. The Morgan fingerprint density at radius 1 is 1.30 bits per heavy atom. The number of nitrogens with one attached hydrogen (secondary N) is 1. The van der Waals surface area contributed by atoms with Crippen molar-refractivity contribution in [1.29, 1.82) is 0 Å². The standard InChI is InChI=1S/C14H17N5S/c1-8-5-9(2)15-6-11(8)7-16-14-17-13-12(20-14)10(3)18-19(13)4/h5-6H,7H2,1-4H3,(H,16,17). The van der Waals surface area contributed by atoms with Gasteiger partial charge in [-0.2, -0.15) is 5.10 Å². The number of fused-ring (bicyclic) bond motifs is 1. The van der Waals surface area contributed by atoms with Gasteiger partial charge in [-0.05, 0) is 38.0 Å². The van der Waals surface area contributed by atoms with Gasteiger partial charge in [0.2, 0.25) is 0 Å². The molecule has 104 valence electrons. The van der Waals surface area contributed by atoms with Crippen molar-refractivity contribution < 1.29 is 0 Å². The van der Waals surface area contributed by atoms with Crippen LogP contribution >= 0.6 is 11.3 Å². The number of pyridine rings is 1. The van der Waals surface area contributed by atoms with Crippen LogP contribution in [0.25, 0.3) is 10.3 Å². The Labute approximate surface area is 121 Å². The Bertz CT molecular complexity index is 737. The van der Waals surface area contributed by atoms with E-state index in [2.05, 4.69) is 33.4 Å². The fraction of sp³-hybridized carbons (Fsp3) is 0.357. The van der Waals surface area contributed by atoms with Crippen LogP contribution < -0.4 is 5.32 Å². The van der Waals surface area contributed by atoms with Gasteiger partial charge in [0, 0.05) is 25.5 Å². The van der Waals surface area contributed by atoms with Gasteiger partial charge in [-0.1, -0.05) is 11.3 Å². The minimum absolute atomic E-state index is 0.741. The molecule has 0 aliphatic carbocycles. The fourth-order valence-corrected chi connectivity index (χ4v) is 3.17. The molecule has 0 saturated carbocycles. The summed E-state index contributed by atoms with van der Waals surface area (Å²) in [6.45, 7) is 6.87. The number of aryl methyl sites for hydroxylation is 4. The van der Waals surface area contributed by atoms with E-state index in [0.29, 0.717) is 0 Å². The third-order valence-electron chi connectivity index (χ3n) is 3.33. The molecule has 0 saturated heterocycles. The summed E-state index contributed by atoms with van der Waals surface area (Å²) < 4.78 is 2.97. The maximum absolute atomic E-state index is 4.58. The van der Waals surface area contributed by atoms with Gasteiger partial charge in [-0.15, -0.1) is 0 Å². The van der Waals surface area contributed by atoms with Gasteiger partial charge < -0.3 is 5.32 Å². The molecule has 3 rings (SSSR count). The zero-order chi connectivity index (χ0) is 14.3. The molecule has 3 aromatic rings. The first kappa shape index (κ1) is 13.1. The molecule has 0 aliphatic rings. The fourth-order valence-electron chi connectivity index (χ4n) is 2.24. The Kier molecular flexibility index (Phi) is 3.17. The van der Waals surface area contributed by atoms with Gasteiger partial charge in [0.15, 0.2) is 10.8 Å². The molecule has 3 aromatic heterocycles. The number of hydrogen-bond donors (Lipinski definition) is 1. The first-order valence-electron chi connectivity index (χ1n) is 6.50. The topological polar surface area (TPSA) is 55.6 Å². The van der Waals surface area contributed by atoms with Crippen LogP contribution in [0.2, 0.25) is 0 Å². The molecular weight excluding hydrogens is 270 g/mol. The summed E-state index contributed by atoms with van der Waals surface area (Å²) in [5.74, 6) is 0. The average molecular weight is 287 g/mol. The summed E-state index contributed by atoms with van der Waals surface area (Å²) in [6, 6.07) is 2.10. The maximum Gasteiger partial charge on any atom is 0.185 e. The lowest BCUT2D eigenvalue weighted by molar-refractivity contribution is 0.774. The van der Waals surface area contributed by atoms with E-state index in [1.54, 1.807) is 11.3 Å². The predicted octanol–water partition coefficient (Wildman–Crippen LogP) is 2.96. The second kappa shape index (κ2) is 4.86. The van der Waals surface area contributed by atoms with Crippen LogP contribution in [0.5, 0.6) is 0 Å². The smallest absolute Gasteiger partial charge is 0.185 e. The average Bonchev–Trinajstić information content (AvgIpc) is 2.91. The summed E-state index contributed by atoms with van der Waals surface area (Å²) in [6.07, 6.45) is 1.93. The Morgan fingerprint density at radius 2 is 2.10 bits per heavy atom. The quantitative estimate of drug-likeness (QED) is 0.804. The van der Waals surface area contributed by atoms with Crippen molar-refractivity contribution in [2.24, 2.45) is 7.05 Å². The lowest BCUT2D eigenvalue weighted by Gasteiger charge is -2.06. The molecule has 0 unspecified atom stereocenters. The molecule has 0 radical (unpaired) electrons. The van der Waals surface area contributed by atoms with E-state index < -0.39 is 0 Å². The zero-order valence-corrected chi connectivity index (χ0v) is 12.9. The number of rotatable bonds is 3. The number of thiazole rings is 1. The SMILES string of the molecule is Cc1cc(C)c(CNc2nc3c(s2)c(C)nn3C)cn1. The largest absolute Gasteiger partial charge is 0.357 e. The Morgan fingerprint density at radius 3 is 2.80 bits per heavy atom. The molecule has 20 heavy (non-hydrogen) atoms. The van der Waals surface area contributed by atoms with Crippen LogP contribution in [0.15, 0.2) is 12.3 Å². The van der Waals surface area contributed by atoms with Gasteiger partial charge in [-0.3, -0.25) is 4.98 Å². The van der Waals surface area contributed by atoms with E-state index in [1.165, 1.54) is 11.1 Å². The van der Waals surface area contributed by atoms with Crippen LogP contribution in [0.1, 0.15) is 22.5 Å². The van der Waals surface area contributed by atoms with Crippen LogP contribution in [-0.4, -0.2) is 19.7 Å². The molecule has 0 amide bonds. The van der Waals surface area contributed by atoms with Crippen molar-refractivity contribution in [3.05, 3.63) is 34.8 Å². The monoisotopic (exact) mass is 287 g/mol. The summed E-state index contributed by atoms with van der Waals surface area (Å²) in [5.41, 5.74) is 5.47. The number of nitrogens with zero attached hydrogens (tertiary/aromatic N) is 4. The van der Waals surface area contributed by atoms with Crippen molar-refractivity contribution in [3.63, 3.8) is 0 Å². The third kappa shape index (κ3) is 2.27. The molecule has 0 atom stereocenters. The maximum atomic E-state index is 4.58. The highest BCUT2D eigenvalue weighted by Crippen LogP contribution is 2.28. The summed E-state index contributed by atoms with van der Waals surface area (Å²) >= 11 is 1.65. The van der Waals surface area contributed by atoms with Crippen LogP contribution in [-0.2, 0) is 13.6 Å². The van der Waals surface area contributed by atoms with E-state index >= 15 is 0 Å². The molecule has 6 heteroatoms. The van der Waals surface area contributed by atoms with E-state index in [9.17, 15) is 0 Å². The molecule has 0 spiro atoms. The lowest BCUT2D eigenvalue weighted by Crippen LogP contribution is -2.02.